The molecule has 5 rings (SSSR count). The number of benzene rings is 2. The van der Waals surface area contributed by atoms with Crippen molar-refractivity contribution in [1.29, 1.82) is 0 Å². The molecule has 1 fully saturated rings. The fraction of sp³-hybridized carbons (Fsp3) is 0.381. The minimum absolute atomic E-state index is 0.255. The zero-order valence-corrected chi connectivity index (χ0v) is 13.5. The molecule has 1 heterocycles. The van der Waals surface area contributed by atoms with Crippen molar-refractivity contribution in [2.45, 2.75) is 44.3 Å². The molecule has 0 N–H and O–H groups in total. The lowest BCUT2D eigenvalue weighted by atomic mass is 9.67. The van der Waals surface area contributed by atoms with Gasteiger partial charge in [0.2, 0.25) is 0 Å². The van der Waals surface area contributed by atoms with Gasteiger partial charge in [-0.1, -0.05) is 36.4 Å². The fourth-order valence-electron chi connectivity index (χ4n) is 4.59. The van der Waals surface area contributed by atoms with Crippen LogP contribution in [0.2, 0.25) is 0 Å². The Morgan fingerprint density at radius 1 is 1.04 bits per heavy atom. The van der Waals surface area contributed by atoms with Crippen LogP contribution in [0, 0.1) is 5.92 Å². The number of hydrogen-bond donors (Lipinski definition) is 0. The van der Waals surface area contributed by atoms with Crippen molar-refractivity contribution >= 4 is 5.78 Å². The van der Waals surface area contributed by atoms with Gasteiger partial charge in [0.1, 0.15) is 6.61 Å². The quantitative estimate of drug-likeness (QED) is 0.856. The van der Waals surface area contributed by atoms with Gasteiger partial charge in [-0.15, -0.1) is 0 Å². The van der Waals surface area contributed by atoms with E-state index < -0.39 is 0 Å². The Balaban J connectivity index is 1.50. The zero-order chi connectivity index (χ0) is 16.1. The highest BCUT2D eigenvalue weighted by atomic mass is 16.5. The first-order chi connectivity index (χ1) is 11.8. The molecule has 3 heteroatoms. The van der Waals surface area contributed by atoms with Crippen molar-refractivity contribution in [3.63, 3.8) is 0 Å². The van der Waals surface area contributed by atoms with E-state index in [9.17, 15) is 4.79 Å². The Kier molecular flexibility index (Phi) is 3.15. The molecule has 122 valence electrons. The van der Waals surface area contributed by atoms with Gasteiger partial charge in [0.25, 0.3) is 0 Å². The first-order valence-corrected chi connectivity index (χ1v) is 8.83. The van der Waals surface area contributed by atoms with Crippen molar-refractivity contribution in [2.75, 3.05) is 0 Å². The summed E-state index contributed by atoms with van der Waals surface area (Å²) < 4.78 is 12.2. The Hall–Kier alpha value is -2.29. The molecule has 3 nitrogen and oxygen atoms in total. The molecule has 0 aromatic heterocycles. The summed E-state index contributed by atoms with van der Waals surface area (Å²) >= 11 is 0. The van der Waals surface area contributed by atoms with Gasteiger partial charge in [0.15, 0.2) is 23.4 Å². The SMILES string of the molecule is O=C1CCC2CCc3ccc(OCc4ccccc4)c4c3C2C1O4. The Morgan fingerprint density at radius 2 is 1.88 bits per heavy atom. The van der Waals surface area contributed by atoms with Crippen LogP contribution in [0.3, 0.4) is 0 Å². The highest BCUT2D eigenvalue weighted by Crippen LogP contribution is 2.55. The summed E-state index contributed by atoms with van der Waals surface area (Å²) in [6.45, 7) is 0.517. The van der Waals surface area contributed by atoms with E-state index >= 15 is 0 Å². The van der Waals surface area contributed by atoms with E-state index in [-0.39, 0.29) is 17.8 Å². The Labute approximate surface area is 141 Å². The Morgan fingerprint density at radius 3 is 2.75 bits per heavy atom. The van der Waals surface area contributed by atoms with Crippen LogP contribution in [-0.2, 0) is 17.8 Å². The number of Topliss-reactive ketones (excluding diaryl/α,β-unsaturated/α-hetero) is 1. The Bertz CT molecular complexity index is 796. The van der Waals surface area contributed by atoms with Crippen LogP contribution in [0.25, 0.3) is 0 Å². The summed E-state index contributed by atoms with van der Waals surface area (Å²) in [6.07, 6.45) is 3.66. The molecule has 0 amide bonds. The highest BCUT2D eigenvalue weighted by molar-refractivity contribution is 5.87. The van der Waals surface area contributed by atoms with Crippen molar-refractivity contribution in [3.8, 4) is 11.5 Å². The van der Waals surface area contributed by atoms with Crippen LogP contribution in [0.4, 0.5) is 0 Å². The topological polar surface area (TPSA) is 35.5 Å². The van der Waals surface area contributed by atoms with E-state index in [4.69, 9.17) is 9.47 Å². The summed E-state index contributed by atoms with van der Waals surface area (Å²) in [5.41, 5.74) is 3.73. The summed E-state index contributed by atoms with van der Waals surface area (Å²) in [6, 6.07) is 14.3. The average Bonchev–Trinajstić information content (AvgIpc) is 3.04. The van der Waals surface area contributed by atoms with Gasteiger partial charge in [-0.25, -0.2) is 0 Å². The molecule has 3 aliphatic rings. The number of carbonyl (C=O) groups excluding carboxylic acids is 1. The molecule has 24 heavy (non-hydrogen) atoms. The minimum Gasteiger partial charge on any atom is -0.485 e. The number of carbonyl (C=O) groups is 1. The van der Waals surface area contributed by atoms with E-state index in [0.717, 1.165) is 29.9 Å². The van der Waals surface area contributed by atoms with Gasteiger partial charge in [0, 0.05) is 17.9 Å². The fourth-order valence-corrected chi connectivity index (χ4v) is 4.59. The molecular weight excluding hydrogens is 300 g/mol. The van der Waals surface area contributed by atoms with Crippen LogP contribution >= 0.6 is 0 Å². The minimum atomic E-state index is -0.278. The van der Waals surface area contributed by atoms with E-state index in [1.54, 1.807) is 0 Å². The summed E-state index contributed by atoms with van der Waals surface area (Å²) in [4.78, 5) is 12.4. The third-order valence-electron chi connectivity index (χ3n) is 5.76. The van der Waals surface area contributed by atoms with Gasteiger partial charge < -0.3 is 9.47 Å². The second-order valence-corrected chi connectivity index (χ2v) is 7.11. The van der Waals surface area contributed by atoms with Gasteiger partial charge in [-0.05, 0) is 42.4 Å². The van der Waals surface area contributed by atoms with Crippen LogP contribution in [0.5, 0.6) is 11.5 Å². The van der Waals surface area contributed by atoms with Gasteiger partial charge in [-0.3, -0.25) is 4.79 Å². The molecule has 0 saturated heterocycles. The van der Waals surface area contributed by atoms with E-state index in [1.165, 1.54) is 17.5 Å². The van der Waals surface area contributed by atoms with Crippen molar-refractivity contribution in [3.05, 3.63) is 59.2 Å². The van der Waals surface area contributed by atoms with Crippen LogP contribution < -0.4 is 9.47 Å². The molecule has 0 spiro atoms. The second kappa shape index (κ2) is 5.37. The van der Waals surface area contributed by atoms with Crippen molar-refractivity contribution in [2.24, 2.45) is 5.92 Å². The summed E-state index contributed by atoms with van der Waals surface area (Å²) in [5.74, 6) is 2.71. The van der Waals surface area contributed by atoms with Gasteiger partial charge >= 0.3 is 0 Å². The molecule has 1 saturated carbocycles. The molecule has 0 radical (unpaired) electrons. The predicted molar refractivity (Wildman–Crippen MR) is 90.4 cm³/mol. The normalized spacial score (nSPS) is 26.7. The molecule has 0 bridgehead atoms. The lowest BCUT2D eigenvalue weighted by molar-refractivity contribution is -0.129. The van der Waals surface area contributed by atoms with Crippen LogP contribution in [0.1, 0.15) is 41.9 Å². The monoisotopic (exact) mass is 320 g/mol. The van der Waals surface area contributed by atoms with Crippen molar-refractivity contribution in [1.82, 2.24) is 0 Å². The van der Waals surface area contributed by atoms with Crippen molar-refractivity contribution < 1.29 is 14.3 Å². The lowest BCUT2D eigenvalue weighted by Gasteiger charge is -2.35. The number of ketones is 1. The van der Waals surface area contributed by atoms with Gasteiger partial charge in [-0.2, -0.15) is 0 Å². The molecule has 2 aromatic rings. The lowest BCUT2D eigenvalue weighted by Crippen LogP contribution is -2.39. The van der Waals surface area contributed by atoms with Crippen LogP contribution in [0.15, 0.2) is 42.5 Å². The number of hydrogen-bond acceptors (Lipinski definition) is 3. The largest absolute Gasteiger partial charge is 0.485 e. The molecule has 3 atom stereocenters. The number of rotatable bonds is 3. The van der Waals surface area contributed by atoms with E-state index in [1.807, 2.05) is 24.3 Å². The number of ether oxygens (including phenoxy) is 2. The van der Waals surface area contributed by atoms with E-state index in [0.29, 0.717) is 18.9 Å². The van der Waals surface area contributed by atoms with Gasteiger partial charge in [0.05, 0.1) is 0 Å². The third kappa shape index (κ3) is 2.07. The standard InChI is InChI=1S/C21H20O3/c22-16-10-8-14-6-7-15-9-11-17(21-19(15)18(14)20(16)24-21)23-12-13-4-2-1-3-5-13/h1-5,9,11,14,18,20H,6-8,10,12H2. The smallest absolute Gasteiger partial charge is 0.173 e. The van der Waals surface area contributed by atoms with E-state index in [2.05, 4.69) is 18.2 Å². The highest BCUT2D eigenvalue weighted by Gasteiger charge is 2.50. The maximum Gasteiger partial charge on any atom is 0.173 e. The third-order valence-corrected chi connectivity index (χ3v) is 5.76. The molecule has 2 aromatic carbocycles. The average molecular weight is 320 g/mol. The summed E-state index contributed by atoms with van der Waals surface area (Å²) in [7, 11) is 0. The molecular formula is C21H20O3. The predicted octanol–water partition coefficient (Wildman–Crippen LogP) is 4.04. The molecule has 1 aliphatic heterocycles. The molecule has 3 unspecified atom stereocenters. The second-order valence-electron chi connectivity index (χ2n) is 7.11. The number of aryl methyl sites for hydroxylation is 1. The first kappa shape index (κ1) is 14.1. The first-order valence-electron chi connectivity index (χ1n) is 8.83. The summed E-state index contributed by atoms with van der Waals surface area (Å²) in [5, 5.41) is 0. The molecule has 2 aliphatic carbocycles. The maximum atomic E-state index is 12.4. The van der Waals surface area contributed by atoms with Crippen LogP contribution in [-0.4, -0.2) is 11.9 Å². The zero-order valence-electron chi connectivity index (χ0n) is 13.5. The maximum absolute atomic E-state index is 12.4.